The fourth-order valence-corrected chi connectivity index (χ4v) is 3.30. The van der Waals surface area contributed by atoms with Gasteiger partial charge in [-0.25, -0.2) is 4.98 Å². The van der Waals surface area contributed by atoms with Crippen molar-refractivity contribution in [2.24, 2.45) is 0 Å². The van der Waals surface area contributed by atoms with Crippen LogP contribution in [-0.4, -0.2) is 38.9 Å². The van der Waals surface area contributed by atoms with Gasteiger partial charge in [0.25, 0.3) is 5.91 Å². The molecule has 2 aromatic rings. The second-order valence-electron chi connectivity index (χ2n) is 6.36. The van der Waals surface area contributed by atoms with Crippen molar-refractivity contribution in [1.82, 2.24) is 25.1 Å². The van der Waals surface area contributed by atoms with E-state index in [4.69, 9.17) is 4.74 Å². The van der Waals surface area contributed by atoms with Crippen LogP contribution in [0.5, 0.6) is 0 Å². The molecule has 7 heteroatoms. The summed E-state index contributed by atoms with van der Waals surface area (Å²) in [4.78, 5) is 17.1. The molecule has 130 valence electrons. The molecule has 2 aromatic heterocycles. The lowest BCUT2D eigenvalue weighted by atomic mass is 10.2. The second kappa shape index (κ2) is 6.76. The van der Waals surface area contributed by atoms with Gasteiger partial charge in [0.15, 0.2) is 5.82 Å². The zero-order valence-corrected chi connectivity index (χ0v) is 14.7. The normalized spacial score (nSPS) is 18.8. The SMILES string of the molecule is CCc1nc(C(C)NC(=O)c2cc(C)n(C3CCOC3)c2C)n[nH]1. The Morgan fingerprint density at radius 2 is 2.33 bits per heavy atom. The Labute approximate surface area is 141 Å². The summed E-state index contributed by atoms with van der Waals surface area (Å²) < 4.78 is 7.70. The van der Waals surface area contributed by atoms with Gasteiger partial charge >= 0.3 is 0 Å². The van der Waals surface area contributed by atoms with Gasteiger partial charge in [-0.15, -0.1) is 0 Å². The quantitative estimate of drug-likeness (QED) is 0.880. The second-order valence-corrected chi connectivity index (χ2v) is 6.36. The number of aromatic amines is 1. The van der Waals surface area contributed by atoms with E-state index >= 15 is 0 Å². The van der Waals surface area contributed by atoms with E-state index in [1.165, 1.54) is 0 Å². The van der Waals surface area contributed by atoms with Gasteiger partial charge in [-0.05, 0) is 33.3 Å². The minimum absolute atomic E-state index is 0.0939. The maximum absolute atomic E-state index is 12.7. The van der Waals surface area contributed by atoms with E-state index < -0.39 is 0 Å². The summed E-state index contributed by atoms with van der Waals surface area (Å²) >= 11 is 0. The molecule has 0 spiro atoms. The number of hydrogen-bond acceptors (Lipinski definition) is 4. The van der Waals surface area contributed by atoms with Crippen molar-refractivity contribution in [3.05, 3.63) is 34.7 Å². The predicted octanol–water partition coefficient (Wildman–Crippen LogP) is 2.24. The predicted molar refractivity (Wildman–Crippen MR) is 90.0 cm³/mol. The van der Waals surface area contributed by atoms with E-state index in [2.05, 4.69) is 25.1 Å². The number of hydrogen-bond donors (Lipinski definition) is 2. The molecule has 0 aromatic carbocycles. The van der Waals surface area contributed by atoms with Crippen LogP contribution in [0, 0.1) is 13.8 Å². The number of nitrogens with zero attached hydrogens (tertiary/aromatic N) is 3. The third kappa shape index (κ3) is 3.08. The van der Waals surface area contributed by atoms with Gasteiger partial charge in [0, 0.05) is 24.4 Å². The Kier molecular flexibility index (Phi) is 4.71. The van der Waals surface area contributed by atoms with Crippen LogP contribution in [0.3, 0.4) is 0 Å². The zero-order chi connectivity index (χ0) is 17.3. The highest BCUT2D eigenvalue weighted by Crippen LogP contribution is 2.26. The van der Waals surface area contributed by atoms with Crippen molar-refractivity contribution >= 4 is 5.91 Å². The largest absolute Gasteiger partial charge is 0.379 e. The van der Waals surface area contributed by atoms with Crippen molar-refractivity contribution in [2.75, 3.05) is 13.2 Å². The standard InChI is InChI=1S/C17H25N5O2/c1-5-15-19-16(21-20-15)11(3)18-17(23)14-8-10(2)22(12(14)4)13-6-7-24-9-13/h8,11,13H,5-7,9H2,1-4H3,(H,18,23)(H,19,20,21). The molecule has 1 saturated heterocycles. The summed E-state index contributed by atoms with van der Waals surface area (Å²) in [7, 11) is 0. The molecule has 3 heterocycles. The number of amides is 1. The van der Waals surface area contributed by atoms with E-state index in [-0.39, 0.29) is 11.9 Å². The van der Waals surface area contributed by atoms with Gasteiger partial charge in [-0.3, -0.25) is 9.89 Å². The molecule has 0 saturated carbocycles. The maximum Gasteiger partial charge on any atom is 0.253 e. The average molecular weight is 331 g/mol. The summed E-state index contributed by atoms with van der Waals surface area (Å²) in [5, 5.41) is 10.0. The number of rotatable bonds is 5. The van der Waals surface area contributed by atoms with Crippen molar-refractivity contribution in [3.8, 4) is 0 Å². The van der Waals surface area contributed by atoms with Crippen LogP contribution in [0.25, 0.3) is 0 Å². The van der Waals surface area contributed by atoms with E-state index in [1.807, 2.05) is 33.8 Å². The zero-order valence-electron chi connectivity index (χ0n) is 14.7. The molecule has 2 atom stereocenters. The molecule has 1 aliphatic rings. The van der Waals surface area contributed by atoms with Crippen LogP contribution in [0.1, 0.15) is 65.7 Å². The Morgan fingerprint density at radius 1 is 1.54 bits per heavy atom. The molecular formula is C17H25N5O2. The first kappa shape index (κ1) is 16.7. The molecule has 0 bridgehead atoms. The summed E-state index contributed by atoms with van der Waals surface area (Å²) in [5.74, 6) is 1.34. The number of ether oxygens (including phenoxy) is 1. The topological polar surface area (TPSA) is 84.8 Å². The smallest absolute Gasteiger partial charge is 0.253 e. The Hall–Kier alpha value is -2.15. The number of aromatic nitrogens is 4. The van der Waals surface area contributed by atoms with Gasteiger partial charge in [0.1, 0.15) is 5.82 Å². The highest BCUT2D eigenvalue weighted by Gasteiger charge is 2.25. The fraction of sp³-hybridized carbons (Fsp3) is 0.588. The van der Waals surface area contributed by atoms with E-state index in [1.54, 1.807) is 0 Å². The van der Waals surface area contributed by atoms with Crippen LogP contribution >= 0.6 is 0 Å². The summed E-state index contributed by atoms with van der Waals surface area (Å²) in [6.45, 7) is 9.43. The third-order valence-electron chi connectivity index (χ3n) is 4.62. The molecule has 1 amide bonds. The minimum atomic E-state index is -0.244. The van der Waals surface area contributed by atoms with Gasteiger partial charge in [0.2, 0.25) is 0 Å². The number of aryl methyl sites for hydroxylation is 2. The maximum atomic E-state index is 12.7. The first-order chi connectivity index (χ1) is 11.5. The van der Waals surface area contributed by atoms with Crippen LogP contribution in [0.15, 0.2) is 6.07 Å². The molecule has 1 fully saturated rings. The summed E-state index contributed by atoms with van der Waals surface area (Å²) in [6, 6.07) is 2.03. The van der Waals surface area contributed by atoms with E-state index in [0.29, 0.717) is 24.0 Å². The van der Waals surface area contributed by atoms with Crippen LogP contribution < -0.4 is 5.32 Å². The van der Waals surface area contributed by atoms with Crippen LogP contribution in [0.2, 0.25) is 0 Å². The van der Waals surface area contributed by atoms with Gasteiger partial charge < -0.3 is 14.6 Å². The van der Waals surface area contributed by atoms with Crippen LogP contribution in [-0.2, 0) is 11.2 Å². The number of H-pyrrole nitrogens is 1. The Bertz CT molecular complexity index is 727. The summed E-state index contributed by atoms with van der Waals surface area (Å²) in [5.41, 5.74) is 2.78. The first-order valence-electron chi connectivity index (χ1n) is 8.49. The van der Waals surface area contributed by atoms with Gasteiger partial charge in [-0.1, -0.05) is 6.92 Å². The lowest BCUT2D eigenvalue weighted by molar-refractivity contribution is 0.0937. The van der Waals surface area contributed by atoms with Crippen molar-refractivity contribution in [1.29, 1.82) is 0 Å². The molecule has 0 radical (unpaired) electrons. The number of nitrogens with one attached hydrogen (secondary N) is 2. The lowest BCUT2D eigenvalue weighted by Crippen LogP contribution is -2.28. The molecule has 3 rings (SSSR count). The van der Waals surface area contributed by atoms with Crippen molar-refractivity contribution < 1.29 is 9.53 Å². The molecule has 0 aliphatic carbocycles. The number of carbonyl (C=O) groups is 1. The van der Waals surface area contributed by atoms with E-state index in [0.717, 1.165) is 36.7 Å². The van der Waals surface area contributed by atoms with Crippen LogP contribution in [0.4, 0.5) is 0 Å². The monoisotopic (exact) mass is 331 g/mol. The molecule has 7 nitrogen and oxygen atoms in total. The van der Waals surface area contributed by atoms with Gasteiger partial charge in [0.05, 0.1) is 24.3 Å². The highest BCUT2D eigenvalue weighted by molar-refractivity contribution is 5.95. The third-order valence-corrected chi connectivity index (χ3v) is 4.62. The van der Waals surface area contributed by atoms with Gasteiger partial charge in [-0.2, -0.15) is 5.10 Å². The molecule has 2 unspecified atom stereocenters. The lowest BCUT2D eigenvalue weighted by Gasteiger charge is -2.16. The average Bonchev–Trinajstić information content (AvgIpc) is 3.27. The number of carbonyl (C=O) groups excluding carboxylic acids is 1. The Morgan fingerprint density at radius 3 is 2.96 bits per heavy atom. The molecule has 24 heavy (non-hydrogen) atoms. The molecule has 2 N–H and O–H groups in total. The molecular weight excluding hydrogens is 306 g/mol. The Balaban J connectivity index is 1.76. The first-order valence-corrected chi connectivity index (χ1v) is 8.49. The minimum Gasteiger partial charge on any atom is -0.379 e. The van der Waals surface area contributed by atoms with E-state index in [9.17, 15) is 4.79 Å². The summed E-state index contributed by atoms with van der Waals surface area (Å²) in [6.07, 6.45) is 1.78. The van der Waals surface area contributed by atoms with Crippen molar-refractivity contribution in [3.63, 3.8) is 0 Å². The van der Waals surface area contributed by atoms with Crippen molar-refractivity contribution in [2.45, 2.75) is 52.6 Å². The molecule has 1 aliphatic heterocycles. The fourth-order valence-electron chi connectivity index (χ4n) is 3.30. The highest BCUT2D eigenvalue weighted by atomic mass is 16.5.